The third kappa shape index (κ3) is 5.10. The quantitative estimate of drug-likeness (QED) is 0.389. The van der Waals surface area contributed by atoms with Crippen LogP contribution in [0.5, 0.6) is 5.75 Å². The number of primary amides is 1. The van der Waals surface area contributed by atoms with E-state index in [1.807, 2.05) is 67.6 Å². The minimum absolute atomic E-state index is 0.196. The maximum Gasteiger partial charge on any atom is 0.249 e. The van der Waals surface area contributed by atoms with Gasteiger partial charge in [-0.05, 0) is 66.6 Å². The molecule has 0 fully saturated rings. The van der Waals surface area contributed by atoms with Crippen LogP contribution in [0.25, 0.3) is 22.2 Å². The molecular formula is C27H25N5O2. The van der Waals surface area contributed by atoms with Crippen LogP contribution in [0, 0.1) is 0 Å². The van der Waals surface area contributed by atoms with Crippen LogP contribution in [0.4, 0.5) is 0 Å². The van der Waals surface area contributed by atoms with Crippen LogP contribution in [0.3, 0.4) is 0 Å². The summed E-state index contributed by atoms with van der Waals surface area (Å²) in [7, 11) is 0. The molecular weight excluding hydrogens is 426 g/mol. The molecule has 7 heteroatoms. The van der Waals surface area contributed by atoms with Crippen molar-refractivity contribution >= 4 is 34.3 Å². The van der Waals surface area contributed by atoms with Crippen LogP contribution in [0.2, 0.25) is 0 Å². The van der Waals surface area contributed by atoms with Gasteiger partial charge in [-0.25, -0.2) is 4.98 Å². The summed E-state index contributed by atoms with van der Waals surface area (Å²) in [4.78, 5) is 24.9. The average molecular weight is 452 g/mol. The van der Waals surface area contributed by atoms with Crippen molar-refractivity contribution in [3.8, 4) is 5.75 Å². The number of benzene rings is 2. The highest BCUT2D eigenvalue weighted by Crippen LogP contribution is 2.24. The molecule has 0 aliphatic rings. The monoisotopic (exact) mass is 451 g/mol. The van der Waals surface area contributed by atoms with Gasteiger partial charge in [0.1, 0.15) is 12.4 Å². The first kappa shape index (κ1) is 22.7. The molecule has 2 aromatic heterocycles. The molecule has 2 aromatic carbocycles. The van der Waals surface area contributed by atoms with Gasteiger partial charge >= 0.3 is 0 Å². The summed E-state index contributed by atoms with van der Waals surface area (Å²) >= 11 is 0. The number of para-hydroxylation sites is 1. The van der Waals surface area contributed by atoms with Gasteiger partial charge in [0.05, 0.1) is 16.8 Å². The number of hydrogen-bond acceptors (Lipinski definition) is 6. The normalized spacial score (nSPS) is 12.0. The van der Waals surface area contributed by atoms with Crippen molar-refractivity contribution in [1.29, 1.82) is 0 Å². The molecule has 0 spiro atoms. The predicted molar refractivity (Wildman–Crippen MR) is 135 cm³/mol. The summed E-state index contributed by atoms with van der Waals surface area (Å²) < 4.78 is 5.91. The number of allylic oxidation sites excluding steroid dienone is 1. The predicted octanol–water partition coefficient (Wildman–Crippen LogP) is 4.23. The van der Waals surface area contributed by atoms with E-state index in [0.29, 0.717) is 34.8 Å². The van der Waals surface area contributed by atoms with E-state index in [0.717, 1.165) is 22.1 Å². The summed E-state index contributed by atoms with van der Waals surface area (Å²) in [6, 6.07) is 20.4. The summed E-state index contributed by atoms with van der Waals surface area (Å²) in [5, 5.41) is 0.724. The highest BCUT2D eigenvalue weighted by atomic mass is 16.5. The fraction of sp³-hybridized carbons (Fsp3) is 0.111. The zero-order valence-corrected chi connectivity index (χ0v) is 18.8. The van der Waals surface area contributed by atoms with Crippen molar-refractivity contribution in [2.24, 2.45) is 16.5 Å². The molecule has 170 valence electrons. The first-order valence-electron chi connectivity index (χ1n) is 10.9. The Morgan fingerprint density at radius 3 is 2.44 bits per heavy atom. The largest absolute Gasteiger partial charge is 0.487 e. The Bertz CT molecular complexity index is 1360. The second kappa shape index (κ2) is 10.4. The smallest absolute Gasteiger partial charge is 0.249 e. The molecule has 0 aliphatic heterocycles. The molecule has 0 saturated carbocycles. The molecule has 0 unspecified atom stereocenters. The van der Waals surface area contributed by atoms with Crippen molar-refractivity contribution in [3.05, 3.63) is 102 Å². The SMILES string of the molecule is CCN=C/C(=C(\N)c1ccc(OCc2cc(C(N)=O)c3ccccc3n2)cc1)c1ccncc1. The number of pyridine rings is 2. The zero-order chi connectivity index (χ0) is 23.9. The third-order valence-corrected chi connectivity index (χ3v) is 5.27. The lowest BCUT2D eigenvalue weighted by atomic mass is 10.0. The molecule has 0 aliphatic carbocycles. The van der Waals surface area contributed by atoms with Gasteiger partial charge in [-0.3, -0.25) is 14.8 Å². The molecule has 1 amide bonds. The third-order valence-electron chi connectivity index (χ3n) is 5.27. The van der Waals surface area contributed by atoms with Crippen LogP contribution >= 0.6 is 0 Å². The molecule has 4 rings (SSSR count). The van der Waals surface area contributed by atoms with Crippen molar-refractivity contribution in [2.75, 3.05) is 6.54 Å². The Morgan fingerprint density at radius 2 is 1.74 bits per heavy atom. The number of carbonyl (C=O) groups is 1. The topological polar surface area (TPSA) is 116 Å². The summed E-state index contributed by atoms with van der Waals surface area (Å²) in [5.74, 6) is 0.155. The van der Waals surface area contributed by atoms with Crippen molar-refractivity contribution < 1.29 is 9.53 Å². The van der Waals surface area contributed by atoms with Crippen LogP contribution in [-0.4, -0.2) is 28.6 Å². The number of ether oxygens (including phenoxy) is 1. The van der Waals surface area contributed by atoms with E-state index in [2.05, 4.69) is 15.0 Å². The maximum absolute atomic E-state index is 11.9. The minimum Gasteiger partial charge on any atom is -0.487 e. The van der Waals surface area contributed by atoms with Gasteiger partial charge in [-0.1, -0.05) is 18.2 Å². The van der Waals surface area contributed by atoms with Gasteiger partial charge in [-0.2, -0.15) is 0 Å². The van der Waals surface area contributed by atoms with E-state index < -0.39 is 5.91 Å². The van der Waals surface area contributed by atoms with E-state index in [4.69, 9.17) is 16.2 Å². The van der Waals surface area contributed by atoms with Crippen molar-refractivity contribution in [1.82, 2.24) is 9.97 Å². The van der Waals surface area contributed by atoms with Crippen molar-refractivity contribution in [2.45, 2.75) is 13.5 Å². The van der Waals surface area contributed by atoms with Crippen LogP contribution in [-0.2, 0) is 6.61 Å². The molecule has 0 radical (unpaired) electrons. The molecule has 2 heterocycles. The fourth-order valence-corrected chi connectivity index (χ4v) is 3.57. The standard InChI is InChI=1S/C27H25N5O2/c1-2-30-16-24(18-11-13-31-14-12-18)26(28)19-7-9-21(10-8-19)34-17-20-15-23(27(29)33)22-5-3-4-6-25(22)32-20/h3-16H,2,17,28H2,1H3,(H2,29,33)/b26-24+,30-16?. The summed E-state index contributed by atoms with van der Waals surface area (Å²) in [6.45, 7) is 2.83. The number of aliphatic imine (C=N–C) groups is 1. The highest BCUT2D eigenvalue weighted by molar-refractivity contribution is 6.18. The van der Waals surface area contributed by atoms with Gasteiger partial charge in [0.25, 0.3) is 0 Å². The fourth-order valence-electron chi connectivity index (χ4n) is 3.57. The first-order chi connectivity index (χ1) is 16.6. The van der Waals surface area contributed by atoms with Crippen molar-refractivity contribution in [3.63, 3.8) is 0 Å². The van der Waals surface area contributed by atoms with E-state index >= 15 is 0 Å². The highest BCUT2D eigenvalue weighted by Gasteiger charge is 2.11. The van der Waals surface area contributed by atoms with E-state index in [9.17, 15) is 4.79 Å². The lowest BCUT2D eigenvalue weighted by Crippen LogP contribution is -2.13. The molecule has 7 nitrogen and oxygen atoms in total. The Labute approximate surface area is 197 Å². The number of fused-ring (bicyclic) bond motifs is 1. The van der Waals surface area contributed by atoms with Crippen LogP contribution < -0.4 is 16.2 Å². The van der Waals surface area contributed by atoms with Gasteiger partial charge in [0.2, 0.25) is 5.91 Å². The zero-order valence-electron chi connectivity index (χ0n) is 18.8. The number of rotatable bonds is 8. The average Bonchev–Trinajstić information content (AvgIpc) is 2.88. The maximum atomic E-state index is 11.9. The number of carbonyl (C=O) groups excluding carboxylic acids is 1. The van der Waals surface area contributed by atoms with Gasteiger partial charge in [0, 0.05) is 41.8 Å². The Morgan fingerprint density at radius 1 is 1.00 bits per heavy atom. The van der Waals surface area contributed by atoms with E-state index in [-0.39, 0.29) is 6.61 Å². The first-order valence-corrected chi connectivity index (χ1v) is 10.9. The number of aromatic nitrogens is 2. The molecule has 34 heavy (non-hydrogen) atoms. The van der Waals surface area contributed by atoms with Gasteiger partial charge in [0.15, 0.2) is 0 Å². The van der Waals surface area contributed by atoms with E-state index in [1.165, 1.54) is 0 Å². The van der Waals surface area contributed by atoms with Crippen LogP contribution in [0.15, 0.2) is 84.1 Å². The number of nitrogens with zero attached hydrogens (tertiary/aromatic N) is 3. The minimum atomic E-state index is -0.497. The molecule has 0 atom stereocenters. The number of hydrogen-bond donors (Lipinski definition) is 2. The Balaban J connectivity index is 1.56. The molecule has 4 N–H and O–H groups in total. The summed E-state index contributed by atoms with van der Waals surface area (Å²) in [5.41, 5.74) is 17.0. The number of amides is 1. The van der Waals surface area contributed by atoms with Gasteiger partial charge < -0.3 is 16.2 Å². The van der Waals surface area contributed by atoms with Gasteiger partial charge in [-0.15, -0.1) is 0 Å². The second-order valence-electron chi connectivity index (χ2n) is 7.55. The van der Waals surface area contributed by atoms with E-state index in [1.54, 1.807) is 24.7 Å². The Kier molecular flexibility index (Phi) is 6.93. The Hall–Kier alpha value is -4.52. The van der Waals surface area contributed by atoms with Crippen LogP contribution in [0.1, 0.15) is 34.1 Å². The lowest BCUT2D eigenvalue weighted by Gasteiger charge is -2.11. The second-order valence-corrected chi connectivity index (χ2v) is 7.55. The molecule has 0 bridgehead atoms. The molecule has 4 aromatic rings. The lowest BCUT2D eigenvalue weighted by molar-refractivity contribution is 0.100. The number of nitrogens with two attached hydrogens (primary N) is 2. The molecule has 0 saturated heterocycles. The summed E-state index contributed by atoms with van der Waals surface area (Å²) in [6.07, 6.45) is 5.24.